The van der Waals surface area contributed by atoms with Gasteiger partial charge >= 0.3 is 6.18 Å². The molecule has 0 aromatic heterocycles. The molecule has 8 heteroatoms. The molecule has 0 amide bonds. The van der Waals surface area contributed by atoms with Gasteiger partial charge in [-0.1, -0.05) is 0 Å². The molecule has 0 radical (unpaired) electrons. The smallest absolute Gasteiger partial charge is 0.389 e. The first-order valence-corrected chi connectivity index (χ1v) is 7.86. The number of piperidine rings is 1. The van der Waals surface area contributed by atoms with Gasteiger partial charge in [-0.3, -0.25) is 0 Å². The highest BCUT2D eigenvalue weighted by Crippen LogP contribution is 2.31. The fourth-order valence-corrected chi connectivity index (χ4v) is 3.94. The van der Waals surface area contributed by atoms with Crippen molar-refractivity contribution in [3.05, 3.63) is 29.8 Å². The molecular formula is C13H16F3NO3S. The normalized spacial score (nSPS) is 25.0. The van der Waals surface area contributed by atoms with Crippen molar-refractivity contribution in [3.8, 4) is 0 Å². The lowest BCUT2D eigenvalue weighted by Gasteiger charge is -2.35. The molecule has 21 heavy (non-hydrogen) atoms. The number of alkyl halides is 3. The molecule has 1 aliphatic rings. The Morgan fingerprint density at radius 1 is 1.24 bits per heavy atom. The highest BCUT2D eigenvalue weighted by molar-refractivity contribution is 7.89. The predicted molar refractivity (Wildman–Crippen MR) is 70.1 cm³/mol. The number of nitrogens with zero attached hydrogens (tertiary/aromatic N) is 1. The maximum absolute atomic E-state index is 12.5. The van der Waals surface area contributed by atoms with Gasteiger partial charge in [0, 0.05) is 13.1 Å². The monoisotopic (exact) mass is 323 g/mol. The Hall–Kier alpha value is -1.12. The standard InChI is InChI=1S/C13H16F3NO3S/c1-12(18)7-2-8-17(9-12)21(19,20)11-5-3-10(4-6-11)13(14,15)16/h3-6,18H,2,7-9H2,1H3. The van der Waals surface area contributed by atoms with E-state index in [2.05, 4.69) is 0 Å². The van der Waals surface area contributed by atoms with E-state index in [9.17, 15) is 26.7 Å². The number of halogens is 3. The van der Waals surface area contributed by atoms with Crippen LogP contribution in [-0.2, 0) is 16.2 Å². The molecule has 2 rings (SSSR count). The van der Waals surface area contributed by atoms with E-state index in [1.165, 1.54) is 0 Å². The van der Waals surface area contributed by atoms with Crippen LogP contribution in [0.25, 0.3) is 0 Å². The Morgan fingerprint density at radius 2 is 1.81 bits per heavy atom. The second-order valence-corrected chi connectivity index (χ2v) is 7.40. The zero-order valence-corrected chi connectivity index (χ0v) is 12.2. The number of benzene rings is 1. The molecule has 0 aliphatic carbocycles. The van der Waals surface area contributed by atoms with Crippen molar-refractivity contribution >= 4 is 10.0 Å². The minimum absolute atomic E-state index is 0.0592. The van der Waals surface area contributed by atoms with E-state index < -0.39 is 27.4 Å². The number of β-amino-alcohol motifs (C(OH)–C–C–N with tert-alkyl or cyclic N) is 1. The second-order valence-electron chi connectivity index (χ2n) is 5.46. The summed E-state index contributed by atoms with van der Waals surface area (Å²) in [7, 11) is -3.89. The van der Waals surface area contributed by atoms with Crippen LogP contribution in [0.15, 0.2) is 29.2 Å². The molecule has 0 saturated carbocycles. The van der Waals surface area contributed by atoms with Gasteiger partial charge in [-0.15, -0.1) is 0 Å². The fraction of sp³-hybridized carbons (Fsp3) is 0.538. The third-order valence-corrected chi connectivity index (χ3v) is 5.32. The first-order valence-electron chi connectivity index (χ1n) is 6.42. The van der Waals surface area contributed by atoms with Gasteiger partial charge < -0.3 is 5.11 Å². The van der Waals surface area contributed by atoms with Gasteiger partial charge in [0.15, 0.2) is 0 Å². The third kappa shape index (κ3) is 3.56. The summed E-state index contributed by atoms with van der Waals surface area (Å²) in [5.74, 6) is 0. The maximum Gasteiger partial charge on any atom is 0.416 e. The Kier molecular flexibility index (Phi) is 4.07. The van der Waals surface area contributed by atoms with Crippen LogP contribution in [0.4, 0.5) is 13.2 Å². The SMILES string of the molecule is CC1(O)CCCN(S(=O)(=O)c2ccc(C(F)(F)F)cc2)C1. The highest BCUT2D eigenvalue weighted by Gasteiger charge is 2.36. The minimum Gasteiger partial charge on any atom is -0.389 e. The Balaban J connectivity index is 2.28. The van der Waals surface area contributed by atoms with E-state index in [1.54, 1.807) is 6.92 Å². The maximum atomic E-state index is 12.5. The largest absolute Gasteiger partial charge is 0.416 e. The molecule has 1 N–H and O–H groups in total. The van der Waals surface area contributed by atoms with Crippen molar-refractivity contribution in [3.63, 3.8) is 0 Å². The molecule has 0 spiro atoms. The number of aliphatic hydroxyl groups is 1. The first kappa shape index (κ1) is 16.3. The molecule has 1 atom stereocenters. The van der Waals surface area contributed by atoms with E-state index >= 15 is 0 Å². The summed E-state index contributed by atoms with van der Waals surface area (Å²) in [5, 5.41) is 9.95. The van der Waals surface area contributed by atoms with Crippen molar-refractivity contribution in [2.75, 3.05) is 13.1 Å². The van der Waals surface area contributed by atoms with Crippen molar-refractivity contribution < 1.29 is 26.7 Å². The summed E-state index contributed by atoms with van der Waals surface area (Å²) in [6.45, 7) is 1.73. The zero-order chi connectivity index (χ0) is 15.9. The predicted octanol–water partition coefficient (Wildman–Crippen LogP) is 2.24. The molecule has 1 fully saturated rings. The van der Waals surface area contributed by atoms with Crippen LogP contribution in [0.1, 0.15) is 25.3 Å². The van der Waals surface area contributed by atoms with Crippen molar-refractivity contribution in [1.82, 2.24) is 4.31 Å². The summed E-state index contributed by atoms with van der Waals surface area (Å²) in [5.41, 5.74) is -2.01. The molecule has 1 aromatic rings. The van der Waals surface area contributed by atoms with Gasteiger partial charge in [0.2, 0.25) is 10.0 Å². The number of hydrogen-bond donors (Lipinski definition) is 1. The highest BCUT2D eigenvalue weighted by atomic mass is 32.2. The molecular weight excluding hydrogens is 307 g/mol. The van der Waals surface area contributed by atoms with Gasteiger partial charge in [0.05, 0.1) is 16.1 Å². The van der Waals surface area contributed by atoms with E-state index in [-0.39, 0.29) is 18.0 Å². The fourth-order valence-electron chi connectivity index (χ4n) is 2.34. The van der Waals surface area contributed by atoms with Crippen LogP contribution in [0.3, 0.4) is 0 Å². The lowest BCUT2D eigenvalue weighted by Crippen LogP contribution is -2.48. The summed E-state index contributed by atoms with van der Waals surface area (Å²) in [6, 6.07) is 3.38. The Bertz CT molecular complexity index is 609. The number of hydrogen-bond acceptors (Lipinski definition) is 3. The number of rotatable bonds is 2. The summed E-state index contributed by atoms with van der Waals surface area (Å²) in [6.07, 6.45) is -3.50. The molecule has 1 saturated heterocycles. The van der Waals surface area contributed by atoms with Gasteiger partial charge in [-0.05, 0) is 44.0 Å². The third-order valence-electron chi connectivity index (χ3n) is 3.46. The van der Waals surface area contributed by atoms with E-state index in [4.69, 9.17) is 0 Å². The van der Waals surface area contributed by atoms with Gasteiger partial charge in [0.1, 0.15) is 0 Å². The summed E-state index contributed by atoms with van der Waals surface area (Å²) >= 11 is 0. The molecule has 4 nitrogen and oxygen atoms in total. The van der Waals surface area contributed by atoms with Crippen molar-refractivity contribution in [2.24, 2.45) is 0 Å². The van der Waals surface area contributed by atoms with Crippen LogP contribution < -0.4 is 0 Å². The zero-order valence-electron chi connectivity index (χ0n) is 11.4. The Labute approximate surface area is 121 Å². The average molecular weight is 323 g/mol. The van der Waals surface area contributed by atoms with Gasteiger partial charge in [-0.25, -0.2) is 8.42 Å². The quantitative estimate of drug-likeness (QED) is 0.908. The number of sulfonamides is 1. The first-order chi connectivity index (χ1) is 9.52. The molecule has 118 valence electrons. The molecule has 1 aromatic carbocycles. The summed E-state index contributed by atoms with van der Waals surface area (Å²) in [4.78, 5) is -0.201. The molecule has 0 bridgehead atoms. The molecule has 1 heterocycles. The van der Waals surface area contributed by atoms with Gasteiger partial charge in [-0.2, -0.15) is 17.5 Å². The lowest BCUT2D eigenvalue weighted by molar-refractivity contribution is -0.137. The van der Waals surface area contributed by atoms with Crippen LogP contribution in [0.5, 0.6) is 0 Å². The minimum atomic E-state index is -4.50. The topological polar surface area (TPSA) is 57.6 Å². The average Bonchev–Trinajstić information content (AvgIpc) is 2.36. The lowest BCUT2D eigenvalue weighted by atomic mass is 9.97. The second kappa shape index (κ2) is 5.26. The van der Waals surface area contributed by atoms with E-state index in [0.29, 0.717) is 12.8 Å². The van der Waals surface area contributed by atoms with E-state index in [0.717, 1.165) is 28.6 Å². The van der Waals surface area contributed by atoms with E-state index in [1.807, 2.05) is 0 Å². The van der Waals surface area contributed by atoms with Crippen LogP contribution in [0, 0.1) is 0 Å². The summed E-state index contributed by atoms with van der Waals surface area (Å²) < 4.78 is 63.3. The van der Waals surface area contributed by atoms with Crippen LogP contribution in [-0.4, -0.2) is 36.5 Å². The van der Waals surface area contributed by atoms with Gasteiger partial charge in [0.25, 0.3) is 0 Å². The van der Waals surface area contributed by atoms with Crippen molar-refractivity contribution in [1.29, 1.82) is 0 Å². The molecule has 1 aliphatic heterocycles. The van der Waals surface area contributed by atoms with Crippen LogP contribution >= 0.6 is 0 Å². The van der Waals surface area contributed by atoms with Crippen LogP contribution in [0.2, 0.25) is 0 Å². The molecule has 1 unspecified atom stereocenters. The Morgan fingerprint density at radius 3 is 2.29 bits per heavy atom. The van der Waals surface area contributed by atoms with Crippen molar-refractivity contribution in [2.45, 2.75) is 36.4 Å².